The largest absolute Gasteiger partial charge is 0.508 e. The molecule has 0 aromatic heterocycles. The molecule has 0 bridgehead atoms. The van der Waals surface area contributed by atoms with Gasteiger partial charge in [0.15, 0.2) is 5.78 Å². The number of Topliss-reactive ketones (excluding diaryl/α,β-unsaturated/α-hetero) is 1. The number of hydrogen-bond acceptors (Lipinski definition) is 4. The number of carbonyl (C=O) groups excluding carboxylic acids is 3. The number of anilines is 1. The van der Waals surface area contributed by atoms with Crippen LogP contribution in [0.4, 0.5) is 5.69 Å². The van der Waals surface area contributed by atoms with Crippen molar-refractivity contribution in [1.82, 2.24) is 4.90 Å². The van der Waals surface area contributed by atoms with E-state index in [1.807, 2.05) is 6.07 Å². The van der Waals surface area contributed by atoms with Gasteiger partial charge in [-0.2, -0.15) is 0 Å². The van der Waals surface area contributed by atoms with Crippen LogP contribution in [0.15, 0.2) is 54.6 Å². The van der Waals surface area contributed by atoms with Gasteiger partial charge in [-0.25, -0.2) is 0 Å². The second-order valence-electron chi connectivity index (χ2n) is 6.12. The maximum absolute atomic E-state index is 12.2. The molecule has 2 aromatic carbocycles. The third-order valence-corrected chi connectivity index (χ3v) is 4.12. The molecule has 0 heterocycles. The van der Waals surface area contributed by atoms with Gasteiger partial charge in [0.1, 0.15) is 5.75 Å². The Morgan fingerprint density at radius 1 is 0.926 bits per heavy atom. The molecular weight excluding hydrogens is 344 g/mol. The van der Waals surface area contributed by atoms with Crippen molar-refractivity contribution in [2.75, 3.05) is 18.4 Å². The normalized spacial score (nSPS) is 10.3. The first kappa shape index (κ1) is 20.2. The molecule has 2 N–H and O–H groups in total. The average Bonchev–Trinajstić information content (AvgIpc) is 2.69. The summed E-state index contributed by atoms with van der Waals surface area (Å²) in [6.07, 6.45) is 0.667. The van der Waals surface area contributed by atoms with Gasteiger partial charge in [0.05, 0.1) is 0 Å². The molecule has 0 fully saturated rings. The van der Waals surface area contributed by atoms with E-state index < -0.39 is 0 Å². The number of nitrogens with zero attached hydrogens (tertiary/aromatic N) is 1. The Balaban J connectivity index is 1.86. The molecule has 2 amide bonds. The highest BCUT2D eigenvalue weighted by Gasteiger charge is 2.15. The van der Waals surface area contributed by atoms with E-state index in [0.29, 0.717) is 17.7 Å². The van der Waals surface area contributed by atoms with Crippen LogP contribution in [0.5, 0.6) is 5.75 Å². The van der Waals surface area contributed by atoms with Gasteiger partial charge in [0, 0.05) is 43.6 Å². The number of ketones is 1. The first-order valence-corrected chi connectivity index (χ1v) is 8.94. The van der Waals surface area contributed by atoms with Crippen molar-refractivity contribution >= 4 is 23.3 Å². The van der Waals surface area contributed by atoms with E-state index in [9.17, 15) is 19.5 Å². The Hall–Kier alpha value is -3.15. The van der Waals surface area contributed by atoms with E-state index in [1.165, 1.54) is 12.1 Å². The highest BCUT2D eigenvalue weighted by Crippen LogP contribution is 2.14. The molecule has 6 heteroatoms. The summed E-state index contributed by atoms with van der Waals surface area (Å²) >= 11 is 0. The minimum absolute atomic E-state index is 0.0296. The zero-order chi connectivity index (χ0) is 19.6. The summed E-state index contributed by atoms with van der Waals surface area (Å²) in [4.78, 5) is 38.0. The zero-order valence-electron chi connectivity index (χ0n) is 15.4. The van der Waals surface area contributed by atoms with Gasteiger partial charge in [-0.1, -0.05) is 37.3 Å². The van der Waals surface area contributed by atoms with Crippen LogP contribution in [0.25, 0.3) is 0 Å². The summed E-state index contributed by atoms with van der Waals surface area (Å²) in [7, 11) is 0. The Morgan fingerprint density at radius 3 is 2.19 bits per heavy atom. The predicted octanol–water partition coefficient (Wildman–Crippen LogP) is 3.23. The lowest BCUT2D eigenvalue weighted by atomic mass is 10.1. The molecule has 0 aliphatic heterocycles. The van der Waals surface area contributed by atoms with Gasteiger partial charge in [-0.3, -0.25) is 14.4 Å². The fraction of sp³-hybridized carbons (Fsp3) is 0.286. The topological polar surface area (TPSA) is 86.7 Å². The van der Waals surface area contributed by atoms with Crippen LogP contribution in [0, 0.1) is 0 Å². The molecule has 0 saturated carbocycles. The van der Waals surface area contributed by atoms with Crippen LogP contribution in [-0.2, 0) is 9.59 Å². The first-order valence-electron chi connectivity index (χ1n) is 8.94. The highest BCUT2D eigenvalue weighted by atomic mass is 16.3. The SMILES string of the molecule is CCC(=O)N(CCC(=O)Nc1ccc(O)cc1)CCC(=O)c1ccccc1. The maximum atomic E-state index is 12.2. The van der Waals surface area contributed by atoms with Crippen molar-refractivity contribution in [3.8, 4) is 5.75 Å². The van der Waals surface area contributed by atoms with Crippen LogP contribution in [0.2, 0.25) is 0 Å². The van der Waals surface area contributed by atoms with E-state index in [4.69, 9.17) is 0 Å². The Morgan fingerprint density at radius 2 is 1.56 bits per heavy atom. The average molecular weight is 368 g/mol. The van der Waals surface area contributed by atoms with Crippen molar-refractivity contribution in [3.63, 3.8) is 0 Å². The lowest BCUT2D eigenvalue weighted by Gasteiger charge is -2.21. The minimum atomic E-state index is -0.232. The molecule has 0 unspecified atom stereocenters. The van der Waals surface area contributed by atoms with Crippen LogP contribution in [0.1, 0.15) is 36.5 Å². The van der Waals surface area contributed by atoms with Crippen LogP contribution >= 0.6 is 0 Å². The fourth-order valence-electron chi connectivity index (χ4n) is 2.59. The third-order valence-electron chi connectivity index (χ3n) is 4.12. The Labute approximate surface area is 158 Å². The van der Waals surface area contributed by atoms with E-state index in [1.54, 1.807) is 48.2 Å². The van der Waals surface area contributed by atoms with Gasteiger partial charge in [-0.05, 0) is 24.3 Å². The molecule has 0 aliphatic carbocycles. The standard InChI is InChI=1S/C21H24N2O4/c1-2-21(27)23(14-12-19(25)16-6-4-3-5-7-16)15-13-20(26)22-17-8-10-18(24)11-9-17/h3-11,24H,2,12-15H2,1H3,(H,22,26). The molecule has 6 nitrogen and oxygen atoms in total. The molecule has 0 aliphatic rings. The Bertz CT molecular complexity index is 773. The predicted molar refractivity (Wildman–Crippen MR) is 104 cm³/mol. The van der Waals surface area contributed by atoms with E-state index in [0.717, 1.165) is 0 Å². The monoisotopic (exact) mass is 368 g/mol. The number of nitrogens with one attached hydrogen (secondary N) is 1. The molecular formula is C21H24N2O4. The lowest BCUT2D eigenvalue weighted by Crippen LogP contribution is -2.35. The summed E-state index contributed by atoms with van der Waals surface area (Å²) in [5.41, 5.74) is 1.19. The van der Waals surface area contributed by atoms with Crippen molar-refractivity contribution in [2.45, 2.75) is 26.2 Å². The van der Waals surface area contributed by atoms with Gasteiger partial charge in [-0.15, -0.1) is 0 Å². The quantitative estimate of drug-likeness (QED) is 0.525. The second-order valence-corrected chi connectivity index (χ2v) is 6.12. The fourth-order valence-corrected chi connectivity index (χ4v) is 2.59. The summed E-state index contributed by atoms with van der Waals surface area (Å²) in [6, 6.07) is 15.1. The molecule has 0 atom stereocenters. The summed E-state index contributed by atoms with van der Waals surface area (Å²) < 4.78 is 0. The number of phenols is 1. The van der Waals surface area contributed by atoms with E-state index in [2.05, 4.69) is 5.32 Å². The van der Waals surface area contributed by atoms with Gasteiger partial charge in [0.2, 0.25) is 11.8 Å². The van der Waals surface area contributed by atoms with Gasteiger partial charge in [0.25, 0.3) is 0 Å². The molecule has 2 rings (SSSR count). The number of hydrogen-bond donors (Lipinski definition) is 2. The molecule has 142 valence electrons. The molecule has 0 spiro atoms. The van der Waals surface area contributed by atoms with Crippen LogP contribution in [0.3, 0.4) is 0 Å². The highest BCUT2D eigenvalue weighted by molar-refractivity contribution is 5.96. The van der Waals surface area contributed by atoms with Crippen molar-refractivity contribution in [3.05, 3.63) is 60.2 Å². The minimum Gasteiger partial charge on any atom is -0.508 e. The van der Waals surface area contributed by atoms with Gasteiger partial charge < -0.3 is 15.3 Å². The summed E-state index contributed by atoms with van der Waals surface area (Å²) in [5, 5.41) is 12.0. The first-order chi connectivity index (χ1) is 13.0. The number of phenolic OH excluding ortho intramolecular Hbond substituents is 1. The smallest absolute Gasteiger partial charge is 0.226 e. The number of aromatic hydroxyl groups is 1. The van der Waals surface area contributed by atoms with Crippen molar-refractivity contribution < 1.29 is 19.5 Å². The zero-order valence-corrected chi connectivity index (χ0v) is 15.4. The summed E-state index contributed by atoms with van der Waals surface area (Å²) in [6.45, 7) is 2.29. The van der Waals surface area contributed by atoms with Crippen LogP contribution < -0.4 is 5.32 Å². The number of carbonyl (C=O) groups is 3. The number of benzene rings is 2. The van der Waals surface area contributed by atoms with E-state index >= 15 is 0 Å². The number of amides is 2. The second kappa shape index (κ2) is 10.1. The van der Waals surface area contributed by atoms with Crippen molar-refractivity contribution in [2.24, 2.45) is 0 Å². The maximum Gasteiger partial charge on any atom is 0.226 e. The van der Waals surface area contributed by atoms with Gasteiger partial charge >= 0.3 is 0 Å². The van der Waals surface area contributed by atoms with Crippen LogP contribution in [-0.4, -0.2) is 40.7 Å². The van der Waals surface area contributed by atoms with E-state index in [-0.39, 0.29) is 49.3 Å². The molecule has 0 saturated heterocycles. The Kier molecular flexibility index (Phi) is 7.55. The molecule has 27 heavy (non-hydrogen) atoms. The summed E-state index contributed by atoms with van der Waals surface area (Å²) in [5.74, 6) is -0.230. The molecule has 0 radical (unpaired) electrons. The third kappa shape index (κ3) is 6.58. The number of rotatable bonds is 9. The molecule has 2 aromatic rings. The van der Waals surface area contributed by atoms with Crippen molar-refractivity contribution in [1.29, 1.82) is 0 Å². The lowest BCUT2D eigenvalue weighted by molar-refractivity contribution is -0.131.